The Morgan fingerprint density at radius 2 is 2.06 bits per heavy atom. The fraction of sp³-hybridized carbons (Fsp3) is 0.333. The van der Waals surface area contributed by atoms with Gasteiger partial charge in [0.25, 0.3) is 0 Å². The van der Waals surface area contributed by atoms with Gasteiger partial charge in [0, 0.05) is 10.0 Å². The van der Waals surface area contributed by atoms with E-state index in [0.29, 0.717) is 0 Å². The standard InChI is InChI=1S/C15H18BrNO/c1-4-17-11(3)14-7-8-15(18-14)12-9-10(2)5-6-13(12)16/h5-9,11,17H,4H2,1-3H3. The van der Waals surface area contributed by atoms with Gasteiger partial charge in [0.05, 0.1) is 6.04 Å². The van der Waals surface area contributed by atoms with Crippen molar-refractivity contribution in [2.45, 2.75) is 26.8 Å². The summed E-state index contributed by atoms with van der Waals surface area (Å²) in [6, 6.07) is 10.6. The van der Waals surface area contributed by atoms with Gasteiger partial charge in [0.2, 0.25) is 0 Å². The third-order valence-corrected chi connectivity index (χ3v) is 3.64. The Morgan fingerprint density at radius 3 is 2.78 bits per heavy atom. The molecule has 0 saturated carbocycles. The van der Waals surface area contributed by atoms with Crippen LogP contribution in [0.25, 0.3) is 11.3 Å². The van der Waals surface area contributed by atoms with Crippen molar-refractivity contribution in [2.24, 2.45) is 0 Å². The fourth-order valence-electron chi connectivity index (χ4n) is 1.97. The van der Waals surface area contributed by atoms with Gasteiger partial charge in [0.1, 0.15) is 11.5 Å². The molecule has 1 N–H and O–H groups in total. The van der Waals surface area contributed by atoms with Gasteiger partial charge in [-0.2, -0.15) is 0 Å². The summed E-state index contributed by atoms with van der Waals surface area (Å²) in [4.78, 5) is 0. The Labute approximate surface area is 117 Å². The van der Waals surface area contributed by atoms with E-state index in [2.05, 4.69) is 60.2 Å². The lowest BCUT2D eigenvalue weighted by Crippen LogP contribution is -2.16. The van der Waals surface area contributed by atoms with Gasteiger partial charge in [0.15, 0.2) is 0 Å². The van der Waals surface area contributed by atoms with Crippen molar-refractivity contribution in [3.63, 3.8) is 0 Å². The Hall–Kier alpha value is -1.06. The molecule has 2 aromatic rings. The first-order valence-electron chi connectivity index (χ1n) is 6.21. The van der Waals surface area contributed by atoms with Crippen LogP contribution in [-0.4, -0.2) is 6.54 Å². The van der Waals surface area contributed by atoms with E-state index in [-0.39, 0.29) is 6.04 Å². The van der Waals surface area contributed by atoms with Crippen LogP contribution < -0.4 is 5.32 Å². The summed E-state index contributed by atoms with van der Waals surface area (Å²) in [5.74, 6) is 1.88. The van der Waals surface area contributed by atoms with Gasteiger partial charge in [-0.15, -0.1) is 0 Å². The molecule has 0 spiro atoms. The summed E-state index contributed by atoms with van der Waals surface area (Å²) in [6.45, 7) is 7.22. The first kappa shape index (κ1) is 13.4. The molecule has 18 heavy (non-hydrogen) atoms. The molecular formula is C15H18BrNO. The third kappa shape index (κ3) is 2.85. The maximum atomic E-state index is 5.93. The molecule has 96 valence electrons. The summed E-state index contributed by atoms with van der Waals surface area (Å²) in [5.41, 5.74) is 2.33. The molecule has 1 aromatic carbocycles. The van der Waals surface area contributed by atoms with Crippen molar-refractivity contribution in [2.75, 3.05) is 6.54 Å². The van der Waals surface area contributed by atoms with Crippen LogP contribution in [0, 0.1) is 6.92 Å². The number of hydrogen-bond acceptors (Lipinski definition) is 2. The van der Waals surface area contributed by atoms with E-state index in [1.165, 1.54) is 5.56 Å². The highest BCUT2D eigenvalue weighted by Crippen LogP contribution is 2.31. The first-order valence-corrected chi connectivity index (χ1v) is 7.00. The van der Waals surface area contributed by atoms with Gasteiger partial charge in [-0.25, -0.2) is 0 Å². The molecule has 3 heteroatoms. The minimum atomic E-state index is 0.243. The van der Waals surface area contributed by atoms with E-state index < -0.39 is 0 Å². The molecule has 2 rings (SSSR count). The SMILES string of the molecule is CCNC(C)c1ccc(-c2cc(C)ccc2Br)o1. The summed E-state index contributed by atoms with van der Waals surface area (Å²) >= 11 is 3.57. The average Bonchev–Trinajstić information content (AvgIpc) is 2.82. The second-order valence-corrected chi connectivity index (χ2v) is 5.32. The van der Waals surface area contributed by atoms with E-state index in [1.807, 2.05) is 12.1 Å². The smallest absolute Gasteiger partial charge is 0.135 e. The van der Waals surface area contributed by atoms with Crippen LogP contribution in [0.15, 0.2) is 39.2 Å². The third-order valence-electron chi connectivity index (χ3n) is 2.95. The van der Waals surface area contributed by atoms with Crippen molar-refractivity contribution < 1.29 is 4.42 Å². The molecule has 0 fully saturated rings. The molecule has 0 saturated heterocycles. The topological polar surface area (TPSA) is 25.2 Å². The fourth-order valence-corrected chi connectivity index (χ4v) is 2.41. The Morgan fingerprint density at radius 1 is 1.28 bits per heavy atom. The minimum Gasteiger partial charge on any atom is -0.459 e. The summed E-state index contributed by atoms with van der Waals surface area (Å²) in [7, 11) is 0. The van der Waals surface area contributed by atoms with Crippen LogP contribution in [-0.2, 0) is 0 Å². The maximum absolute atomic E-state index is 5.93. The lowest BCUT2D eigenvalue weighted by molar-refractivity contribution is 0.445. The van der Waals surface area contributed by atoms with Crippen LogP contribution in [0.2, 0.25) is 0 Å². The predicted octanol–water partition coefficient (Wildman–Crippen LogP) is 4.69. The Bertz CT molecular complexity index is 533. The molecule has 0 radical (unpaired) electrons. The second kappa shape index (κ2) is 5.72. The molecule has 0 aliphatic rings. The molecule has 0 amide bonds. The molecule has 0 aliphatic heterocycles. The van der Waals surface area contributed by atoms with Crippen molar-refractivity contribution >= 4 is 15.9 Å². The van der Waals surface area contributed by atoms with Gasteiger partial charge >= 0.3 is 0 Å². The molecule has 0 bridgehead atoms. The van der Waals surface area contributed by atoms with Crippen LogP contribution in [0.4, 0.5) is 0 Å². The molecule has 1 aromatic heterocycles. The number of rotatable bonds is 4. The minimum absolute atomic E-state index is 0.243. The van der Waals surface area contributed by atoms with Crippen LogP contribution in [0.3, 0.4) is 0 Å². The number of aryl methyl sites for hydroxylation is 1. The first-order chi connectivity index (χ1) is 8.61. The van der Waals surface area contributed by atoms with Gasteiger partial charge < -0.3 is 9.73 Å². The normalized spacial score (nSPS) is 12.7. The number of hydrogen-bond donors (Lipinski definition) is 1. The number of furan rings is 1. The van der Waals surface area contributed by atoms with E-state index in [4.69, 9.17) is 4.42 Å². The van der Waals surface area contributed by atoms with Crippen molar-refractivity contribution in [3.05, 3.63) is 46.1 Å². The van der Waals surface area contributed by atoms with E-state index in [1.54, 1.807) is 0 Å². The van der Waals surface area contributed by atoms with Crippen LogP contribution >= 0.6 is 15.9 Å². The lowest BCUT2D eigenvalue weighted by atomic mass is 10.1. The van der Waals surface area contributed by atoms with E-state index >= 15 is 0 Å². The maximum Gasteiger partial charge on any atom is 0.135 e. The number of halogens is 1. The van der Waals surface area contributed by atoms with Gasteiger partial charge in [-0.05, 0) is 44.7 Å². The highest BCUT2D eigenvalue weighted by atomic mass is 79.9. The summed E-state index contributed by atoms with van der Waals surface area (Å²) in [6.07, 6.45) is 0. The van der Waals surface area contributed by atoms with Crippen LogP contribution in [0.5, 0.6) is 0 Å². The van der Waals surface area contributed by atoms with E-state index in [0.717, 1.165) is 28.1 Å². The zero-order valence-electron chi connectivity index (χ0n) is 11.0. The van der Waals surface area contributed by atoms with E-state index in [9.17, 15) is 0 Å². The van der Waals surface area contributed by atoms with Crippen molar-refractivity contribution in [3.8, 4) is 11.3 Å². The summed E-state index contributed by atoms with van der Waals surface area (Å²) < 4.78 is 6.99. The van der Waals surface area contributed by atoms with Crippen molar-refractivity contribution in [1.82, 2.24) is 5.32 Å². The average molecular weight is 308 g/mol. The zero-order chi connectivity index (χ0) is 13.1. The largest absolute Gasteiger partial charge is 0.459 e. The quantitative estimate of drug-likeness (QED) is 0.886. The molecule has 2 nitrogen and oxygen atoms in total. The zero-order valence-corrected chi connectivity index (χ0v) is 12.5. The molecule has 1 unspecified atom stereocenters. The molecular weight excluding hydrogens is 290 g/mol. The molecule has 1 atom stereocenters. The monoisotopic (exact) mass is 307 g/mol. The van der Waals surface area contributed by atoms with Crippen LogP contribution in [0.1, 0.15) is 31.2 Å². The highest BCUT2D eigenvalue weighted by Gasteiger charge is 2.12. The van der Waals surface area contributed by atoms with Crippen molar-refractivity contribution in [1.29, 1.82) is 0 Å². The predicted molar refractivity (Wildman–Crippen MR) is 78.7 cm³/mol. The highest BCUT2D eigenvalue weighted by molar-refractivity contribution is 9.10. The lowest BCUT2D eigenvalue weighted by Gasteiger charge is -2.09. The number of benzene rings is 1. The summed E-state index contributed by atoms with van der Waals surface area (Å²) in [5, 5.41) is 3.35. The molecule has 1 heterocycles. The molecule has 0 aliphatic carbocycles. The number of nitrogens with one attached hydrogen (secondary N) is 1. The Kier molecular flexibility index (Phi) is 4.25. The van der Waals surface area contributed by atoms with Gasteiger partial charge in [-0.3, -0.25) is 0 Å². The second-order valence-electron chi connectivity index (χ2n) is 4.46. The van der Waals surface area contributed by atoms with Gasteiger partial charge in [-0.1, -0.05) is 34.5 Å². The Balaban J connectivity index is 2.32.